The fourth-order valence-corrected chi connectivity index (χ4v) is 3.29. The third-order valence-electron chi connectivity index (χ3n) is 4.59. The molecule has 0 unspecified atom stereocenters. The molecule has 0 aromatic heterocycles. The average Bonchev–Trinajstić information content (AvgIpc) is 2.93. The van der Waals surface area contributed by atoms with E-state index in [1.54, 1.807) is 0 Å². The van der Waals surface area contributed by atoms with Gasteiger partial charge in [-0.15, -0.1) is 0 Å². The van der Waals surface area contributed by atoms with E-state index in [2.05, 4.69) is 23.1 Å². The standard InChI is InChI=1S/C17H26N2O/c18-16-7-10-19(11-8-16)9-2-12-20-17-6-5-14-3-1-4-15(14)13-17/h5-6,13,16H,1-4,7-12,18H2. The normalized spacial score (nSPS) is 20.1. The molecule has 1 aliphatic carbocycles. The zero-order valence-corrected chi connectivity index (χ0v) is 12.3. The summed E-state index contributed by atoms with van der Waals surface area (Å²) in [5.41, 5.74) is 8.93. The first-order valence-corrected chi connectivity index (χ1v) is 8.04. The minimum Gasteiger partial charge on any atom is -0.494 e. The van der Waals surface area contributed by atoms with Gasteiger partial charge in [0.2, 0.25) is 0 Å². The molecule has 0 saturated carbocycles. The lowest BCUT2D eigenvalue weighted by atomic mass is 10.1. The second-order valence-corrected chi connectivity index (χ2v) is 6.17. The van der Waals surface area contributed by atoms with Crippen molar-refractivity contribution in [1.29, 1.82) is 0 Å². The minimum atomic E-state index is 0.425. The summed E-state index contributed by atoms with van der Waals surface area (Å²) in [4.78, 5) is 2.51. The van der Waals surface area contributed by atoms with Gasteiger partial charge in [0.15, 0.2) is 0 Å². The molecule has 2 N–H and O–H groups in total. The molecule has 1 aliphatic heterocycles. The molecule has 1 aromatic rings. The molecule has 1 saturated heterocycles. The van der Waals surface area contributed by atoms with E-state index in [0.29, 0.717) is 6.04 Å². The van der Waals surface area contributed by atoms with Crippen molar-refractivity contribution >= 4 is 0 Å². The molecule has 1 fully saturated rings. The molecule has 3 rings (SSSR count). The molecule has 0 atom stereocenters. The maximum atomic E-state index is 5.92. The predicted molar refractivity (Wildman–Crippen MR) is 82.2 cm³/mol. The first kappa shape index (κ1) is 13.9. The Hall–Kier alpha value is -1.06. The zero-order valence-electron chi connectivity index (χ0n) is 12.3. The van der Waals surface area contributed by atoms with E-state index >= 15 is 0 Å². The number of aryl methyl sites for hydroxylation is 2. The van der Waals surface area contributed by atoms with E-state index in [9.17, 15) is 0 Å². The molecule has 20 heavy (non-hydrogen) atoms. The van der Waals surface area contributed by atoms with E-state index in [-0.39, 0.29) is 0 Å². The SMILES string of the molecule is NC1CCN(CCCOc2ccc3c(c2)CCC3)CC1. The van der Waals surface area contributed by atoms with Gasteiger partial charge in [-0.2, -0.15) is 0 Å². The summed E-state index contributed by atoms with van der Waals surface area (Å²) in [7, 11) is 0. The second kappa shape index (κ2) is 6.59. The van der Waals surface area contributed by atoms with Crippen LogP contribution in [0.4, 0.5) is 0 Å². The molecule has 2 aliphatic rings. The Kier molecular flexibility index (Phi) is 4.58. The van der Waals surface area contributed by atoms with Crippen LogP contribution in [0.15, 0.2) is 18.2 Å². The molecule has 3 heteroatoms. The third-order valence-corrected chi connectivity index (χ3v) is 4.59. The van der Waals surface area contributed by atoms with Crippen LogP contribution in [0.1, 0.15) is 36.8 Å². The Labute approximate surface area is 122 Å². The van der Waals surface area contributed by atoms with E-state index in [1.807, 2.05) is 0 Å². The molecule has 1 aromatic carbocycles. The van der Waals surface area contributed by atoms with Gasteiger partial charge in [0.25, 0.3) is 0 Å². The summed E-state index contributed by atoms with van der Waals surface area (Å²) in [6.07, 6.45) is 7.16. The molecule has 0 bridgehead atoms. The monoisotopic (exact) mass is 274 g/mol. The predicted octanol–water partition coefficient (Wildman–Crippen LogP) is 2.37. The molecule has 110 valence electrons. The Morgan fingerprint density at radius 2 is 1.95 bits per heavy atom. The van der Waals surface area contributed by atoms with Gasteiger partial charge in [0, 0.05) is 12.6 Å². The highest BCUT2D eigenvalue weighted by atomic mass is 16.5. The highest BCUT2D eigenvalue weighted by Crippen LogP contribution is 2.26. The van der Waals surface area contributed by atoms with Gasteiger partial charge in [0.1, 0.15) is 5.75 Å². The Bertz CT molecular complexity index is 439. The van der Waals surface area contributed by atoms with Gasteiger partial charge in [-0.05, 0) is 74.9 Å². The van der Waals surface area contributed by atoms with Crippen molar-refractivity contribution in [3.05, 3.63) is 29.3 Å². The molecular weight excluding hydrogens is 248 g/mol. The van der Waals surface area contributed by atoms with Gasteiger partial charge in [-0.1, -0.05) is 6.07 Å². The zero-order chi connectivity index (χ0) is 13.8. The topological polar surface area (TPSA) is 38.5 Å². The summed E-state index contributed by atoms with van der Waals surface area (Å²) >= 11 is 0. The number of piperidine rings is 1. The fraction of sp³-hybridized carbons (Fsp3) is 0.647. The first-order chi connectivity index (χ1) is 9.81. The summed E-state index contributed by atoms with van der Waals surface area (Å²) in [6.45, 7) is 4.26. The molecule has 0 amide bonds. The van der Waals surface area contributed by atoms with Crippen molar-refractivity contribution in [2.45, 2.75) is 44.6 Å². The highest BCUT2D eigenvalue weighted by Gasteiger charge is 2.15. The van der Waals surface area contributed by atoms with E-state index < -0.39 is 0 Å². The molecule has 0 spiro atoms. The molecule has 3 nitrogen and oxygen atoms in total. The van der Waals surface area contributed by atoms with Crippen molar-refractivity contribution in [3.63, 3.8) is 0 Å². The van der Waals surface area contributed by atoms with E-state index in [0.717, 1.165) is 51.3 Å². The number of benzene rings is 1. The number of hydrogen-bond acceptors (Lipinski definition) is 3. The van der Waals surface area contributed by atoms with Crippen LogP contribution in [0.3, 0.4) is 0 Å². The minimum absolute atomic E-state index is 0.425. The maximum absolute atomic E-state index is 5.92. The van der Waals surface area contributed by atoms with Crippen molar-refractivity contribution in [2.24, 2.45) is 5.73 Å². The van der Waals surface area contributed by atoms with Crippen LogP contribution < -0.4 is 10.5 Å². The summed E-state index contributed by atoms with van der Waals surface area (Å²) < 4.78 is 5.89. The van der Waals surface area contributed by atoms with Crippen LogP contribution in [0.5, 0.6) is 5.75 Å². The number of fused-ring (bicyclic) bond motifs is 1. The number of ether oxygens (including phenoxy) is 1. The Morgan fingerprint density at radius 1 is 1.15 bits per heavy atom. The van der Waals surface area contributed by atoms with Gasteiger partial charge in [-0.3, -0.25) is 0 Å². The highest BCUT2D eigenvalue weighted by molar-refractivity contribution is 5.38. The second-order valence-electron chi connectivity index (χ2n) is 6.17. The van der Waals surface area contributed by atoms with Crippen molar-refractivity contribution in [2.75, 3.05) is 26.2 Å². The van der Waals surface area contributed by atoms with E-state index in [1.165, 1.54) is 30.4 Å². The average molecular weight is 274 g/mol. The number of nitrogens with zero attached hydrogens (tertiary/aromatic N) is 1. The van der Waals surface area contributed by atoms with Gasteiger partial charge >= 0.3 is 0 Å². The van der Waals surface area contributed by atoms with Crippen LogP contribution in [0.25, 0.3) is 0 Å². The summed E-state index contributed by atoms with van der Waals surface area (Å²) in [5.74, 6) is 1.05. The number of hydrogen-bond donors (Lipinski definition) is 1. The molecule has 1 heterocycles. The lowest BCUT2D eigenvalue weighted by Crippen LogP contribution is -2.40. The lowest BCUT2D eigenvalue weighted by Gasteiger charge is -2.29. The smallest absolute Gasteiger partial charge is 0.119 e. The number of nitrogens with two attached hydrogens (primary N) is 1. The fourth-order valence-electron chi connectivity index (χ4n) is 3.29. The molecule has 0 radical (unpaired) electrons. The quantitative estimate of drug-likeness (QED) is 0.838. The van der Waals surface area contributed by atoms with Crippen molar-refractivity contribution < 1.29 is 4.74 Å². The number of rotatable bonds is 5. The van der Waals surface area contributed by atoms with Gasteiger partial charge in [-0.25, -0.2) is 0 Å². The van der Waals surface area contributed by atoms with Crippen LogP contribution in [-0.4, -0.2) is 37.2 Å². The largest absolute Gasteiger partial charge is 0.494 e. The van der Waals surface area contributed by atoms with Crippen LogP contribution >= 0.6 is 0 Å². The Morgan fingerprint density at radius 3 is 2.80 bits per heavy atom. The summed E-state index contributed by atoms with van der Waals surface area (Å²) in [6, 6.07) is 7.03. The first-order valence-electron chi connectivity index (χ1n) is 8.04. The third kappa shape index (κ3) is 3.53. The van der Waals surface area contributed by atoms with Crippen LogP contribution in [0, 0.1) is 0 Å². The van der Waals surface area contributed by atoms with Crippen molar-refractivity contribution in [3.8, 4) is 5.75 Å². The van der Waals surface area contributed by atoms with E-state index in [4.69, 9.17) is 10.5 Å². The summed E-state index contributed by atoms with van der Waals surface area (Å²) in [5, 5.41) is 0. The maximum Gasteiger partial charge on any atom is 0.119 e. The number of likely N-dealkylation sites (tertiary alicyclic amines) is 1. The van der Waals surface area contributed by atoms with Crippen molar-refractivity contribution in [1.82, 2.24) is 4.90 Å². The molecular formula is C17H26N2O. The van der Waals surface area contributed by atoms with Crippen LogP contribution in [0.2, 0.25) is 0 Å². The van der Waals surface area contributed by atoms with Crippen LogP contribution in [-0.2, 0) is 12.8 Å². The Balaban J connectivity index is 1.37. The lowest BCUT2D eigenvalue weighted by molar-refractivity contribution is 0.194. The van der Waals surface area contributed by atoms with Gasteiger partial charge < -0.3 is 15.4 Å². The van der Waals surface area contributed by atoms with Gasteiger partial charge in [0.05, 0.1) is 6.61 Å².